The molecule has 0 aromatic heterocycles. The van der Waals surface area contributed by atoms with E-state index in [0.29, 0.717) is 24.4 Å². The van der Waals surface area contributed by atoms with Crippen LogP contribution in [0, 0.1) is 0 Å². The van der Waals surface area contributed by atoms with Gasteiger partial charge in [-0.15, -0.1) is 0 Å². The van der Waals surface area contributed by atoms with Crippen molar-refractivity contribution in [1.29, 1.82) is 0 Å². The van der Waals surface area contributed by atoms with E-state index in [1.807, 2.05) is 0 Å². The molecule has 0 atom stereocenters. The standard InChI is InChI=1S/C14H22N2O3/c1-2-3-8-19-9-4-7-16-14(18)12-10-11(17)5-6-13(12)15/h5-6,10,17H,2-4,7-9,15H2,1H3,(H,16,18). The lowest BCUT2D eigenvalue weighted by molar-refractivity contribution is 0.0941. The molecule has 5 nitrogen and oxygen atoms in total. The molecule has 0 saturated heterocycles. The Kier molecular flexibility index (Phi) is 6.74. The highest BCUT2D eigenvalue weighted by molar-refractivity contribution is 5.99. The molecule has 0 spiro atoms. The summed E-state index contributed by atoms with van der Waals surface area (Å²) in [7, 11) is 0. The van der Waals surface area contributed by atoms with Crippen molar-refractivity contribution in [2.45, 2.75) is 26.2 Å². The molecule has 1 aromatic rings. The minimum Gasteiger partial charge on any atom is -0.508 e. The van der Waals surface area contributed by atoms with Crippen molar-refractivity contribution in [3.05, 3.63) is 23.8 Å². The van der Waals surface area contributed by atoms with Gasteiger partial charge in [-0.3, -0.25) is 4.79 Å². The maximum Gasteiger partial charge on any atom is 0.253 e. The smallest absolute Gasteiger partial charge is 0.253 e. The van der Waals surface area contributed by atoms with Crippen LogP contribution in [0.1, 0.15) is 36.5 Å². The van der Waals surface area contributed by atoms with Crippen LogP contribution >= 0.6 is 0 Å². The number of nitrogens with two attached hydrogens (primary N) is 1. The van der Waals surface area contributed by atoms with Crippen molar-refractivity contribution >= 4 is 11.6 Å². The third kappa shape index (κ3) is 5.61. The number of hydrogen-bond acceptors (Lipinski definition) is 4. The number of carbonyl (C=O) groups excluding carboxylic acids is 1. The van der Waals surface area contributed by atoms with Gasteiger partial charge in [0.15, 0.2) is 0 Å². The largest absolute Gasteiger partial charge is 0.508 e. The molecular weight excluding hydrogens is 244 g/mol. The highest BCUT2D eigenvalue weighted by Crippen LogP contribution is 2.18. The summed E-state index contributed by atoms with van der Waals surface area (Å²) >= 11 is 0. The highest BCUT2D eigenvalue weighted by Gasteiger charge is 2.09. The molecule has 0 aliphatic heterocycles. The van der Waals surface area contributed by atoms with Gasteiger partial charge < -0.3 is 20.9 Å². The SMILES string of the molecule is CCCCOCCCNC(=O)c1cc(O)ccc1N. The van der Waals surface area contributed by atoms with Crippen LogP contribution in [-0.4, -0.2) is 30.8 Å². The lowest BCUT2D eigenvalue weighted by Crippen LogP contribution is -2.26. The molecule has 0 fully saturated rings. The zero-order chi connectivity index (χ0) is 14.1. The number of anilines is 1. The van der Waals surface area contributed by atoms with Gasteiger partial charge in [0.2, 0.25) is 0 Å². The molecule has 0 unspecified atom stereocenters. The van der Waals surface area contributed by atoms with Crippen molar-refractivity contribution in [3.8, 4) is 5.75 Å². The average Bonchev–Trinajstić information content (AvgIpc) is 2.40. The fourth-order valence-electron chi connectivity index (χ4n) is 1.56. The number of phenolic OH excluding ortho intramolecular Hbond substituents is 1. The number of ether oxygens (including phenoxy) is 1. The molecule has 1 aromatic carbocycles. The van der Waals surface area contributed by atoms with Crippen molar-refractivity contribution in [2.75, 3.05) is 25.5 Å². The van der Waals surface area contributed by atoms with Crippen molar-refractivity contribution in [3.63, 3.8) is 0 Å². The van der Waals surface area contributed by atoms with E-state index in [2.05, 4.69) is 12.2 Å². The van der Waals surface area contributed by atoms with Gasteiger partial charge in [0.1, 0.15) is 5.75 Å². The van der Waals surface area contributed by atoms with Crippen molar-refractivity contribution in [1.82, 2.24) is 5.32 Å². The highest BCUT2D eigenvalue weighted by atomic mass is 16.5. The number of phenols is 1. The molecule has 106 valence electrons. The van der Waals surface area contributed by atoms with Crippen LogP contribution in [-0.2, 0) is 4.74 Å². The summed E-state index contributed by atoms with van der Waals surface area (Å²) in [6.07, 6.45) is 2.94. The zero-order valence-corrected chi connectivity index (χ0v) is 11.3. The Hall–Kier alpha value is -1.75. The van der Waals surface area contributed by atoms with E-state index in [1.54, 1.807) is 0 Å². The van der Waals surface area contributed by atoms with Gasteiger partial charge in [-0.2, -0.15) is 0 Å². The maximum absolute atomic E-state index is 11.8. The molecule has 0 radical (unpaired) electrons. The summed E-state index contributed by atoms with van der Waals surface area (Å²) in [4.78, 5) is 11.8. The van der Waals surface area contributed by atoms with Gasteiger partial charge in [-0.1, -0.05) is 13.3 Å². The quantitative estimate of drug-likeness (QED) is 0.381. The second kappa shape index (κ2) is 8.37. The summed E-state index contributed by atoms with van der Waals surface area (Å²) in [6.45, 7) is 4.04. The van der Waals surface area contributed by atoms with Crippen molar-refractivity contribution in [2.24, 2.45) is 0 Å². The molecule has 0 aliphatic rings. The van der Waals surface area contributed by atoms with Gasteiger partial charge in [0.25, 0.3) is 5.91 Å². The number of benzene rings is 1. The Morgan fingerprint density at radius 1 is 1.37 bits per heavy atom. The fraction of sp³-hybridized carbons (Fsp3) is 0.500. The fourth-order valence-corrected chi connectivity index (χ4v) is 1.56. The summed E-state index contributed by atoms with van der Waals surface area (Å²) in [5, 5.41) is 12.1. The number of rotatable bonds is 8. The summed E-state index contributed by atoms with van der Waals surface area (Å²) < 4.78 is 5.39. The van der Waals surface area contributed by atoms with Gasteiger partial charge in [-0.05, 0) is 31.0 Å². The molecule has 0 saturated carbocycles. The number of nitrogens with one attached hydrogen (secondary N) is 1. The first-order valence-electron chi connectivity index (χ1n) is 6.59. The molecule has 5 heteroatoms. The first-order valence-corrected chi connectivity index (χ1v) is 6.59. The number of aromatic hydroxyl groups is 1. The summed E-state index contributed by atoms with van der Waals surface area (Å²) in [5.41, 5.74) is 6.33. The molecule has 0 heterocycles. The number of amides is 1. The molecular formula is C14H22N2O3. The topological polar surface area (TPSA) is 84.6 Å². The minimum atomic E-state index is -0.276. The lowest BCUT2D eigenvalue weighted by Gasteiger charge is -2.08. The van der Waals surface area contributed by atoms with E-state index in [1.165, 1.54) is 18.2 Å². The second-order valence-corrected chi connectivity index (χ2v) is 4.35. The molecule has 1 amide bonds. The second-order valence-electron chi connectivity index (χ2n) is 4.35. The first kappa shape index (κ1) is 15.3. The number of unbranched alkanes of at least 4 members (excludes halogenated alkanes) is 1. The Balaban J connectivity index is 2.26. The normalized spacial score (nSPS) is 10.4. The number of carbonyl (C=O) groups is 1. The van der Waals surface area contributed by atoms with Crippen molar-refractivity contribution < 1.29 is 14.6 Å². The van der Waals surface area contributed by atoms with Gasteiger partial charge in [0, 0.05) is 25.4 Å². The van der Waals surface area contributed by atoms with Gasteiger partial charge in [0.05, 0.1) is 5.56 Å². The molecule has 1 rings (SSSR count). The van der Waals surface area contributed by atoms with Crippen LogP contribution in [0.15, 0.2) is 18.2 Å². The predicted molar refractivity (Wildman–Crippen MR) is 75.2 cm³/mol. The summed E-state index contributed by atoms with van der Waals surface area (Å²) in [5.74, 6) is -0.246. The van der Waals surface area contributed by atoms with E-state index in [4.69, 9.17) is 10.5 Å². The molecule has 19 heavy (non-hydrogen) atoms. The van der Waals surface area contributed by atoms with Gasteiger partial charge >= 0.3 is 0 Å². The number of nitrogen functional groups attached to an aromatic ring is 1. The predicted octanol–water partition coefficient (Wildman–Crippen LogP) is 1.91. The Morgan fingerprint density at radius 3 is 2.84 bits per heavy atom. The average molecular weight is 266 g/mol. The van der Waals surface area contributed by atoms with Crippen LogP contribution in [0.3, 0.4) is 0 Å². The van der Waals surface area contributed by atoms with E-state index in [0.717, 1.165) is 25.9 Å². The van der Waals surface area contributed by atoms with Crippen LogP contribution in [0.2, 0.25) is 0 Å². The zero-order valence-electron chi connectivity index (χ0n) is 11.3. The summed E-state index contributed by atoms with van der Waals surface area (Å²) in [6, 6.07) is 4.33. The molecule has 4 N–H and O–H groups in total. The van der Waals surface area contributed by atoms with Crippen LogP contribution in [0.5, 0.6) is 5.75 Å². The third-order valence-corrected chi connectivity index (χ3v) is 2.67. The van der Waals surface area contributed by atoms with E-state index >= 15 is 0 Å². The lowest BCUT2D eigenvalue weighted by atomic mass is 10.1. The van der Waals surface area contributed by atoms with E-state index < -0.39 is 0 Å². The van der Waals surface area contributed by atoms with Crippen LogP contribution in [0.4, 0.5) is 5.69 Å². The van der Waals surface area contributed by atoms with Crippen LogP contribution < -0.4 is 11.1 Å². The maximum atomic E-state index is 11.8. The minimum absolute atomic E-state index is 0.0299. The first-order chi connectivity index (χ1) is 9.15. The van der Waals surface area contributed by atoms with E-state index in [-0.39, 0.29) is 11.7 Å². The molecule has 0 bridgehead atoms. The monoisotopic (exact) mass is 266 g/mol. The third-order valence-electron chi connectivity index (χ3n) is 2.67. The van der Waals surface area contributed by atoms with Crippen LogP contribution in [0.25, 0.3) is 0 Å². The number of hydrogen-bond donors (Lipinski definition) is 3. The van der Waals surface area contributed by atoms with Gasteiger partial charge in [-0.25, -0.2) is 0 Å². The Morgan fingerprint density at radius 2 is 2.11 bits per heavy atom. The Labute approximate surface area is 113 Å². The van der Waals surface area contributed by atoms with E-state index in [9.17, 15) is 9.90 Å². The molecule has 0 aliphatic carbocycles. The Bertz CT molecular complexity index is 408.